The fourth-order valence-electron chi connectivity index (χ4n) is 0.470. The Morgan fingerprint density at radius 2 is 1.40 bits per heavy atom. The first-order valence-electron chi connectivity index (χ1n) is 2.97. The van der Waals surface area contributed by atoms with Crippen LogP contribution in [-0.2, 0) is 10.4 Å². The van der Waals surface area contributed by atoms with Gasteiger partial charge in [0, 0.05) is 15.4 Å². The van der Waals surface area contributed by atoms with Crippen molar-refractivity contribution in [2.75, 3.05) is 0 Å². The van der Waals surface area contributed by atoms with Crippen molar-refractivity contribution in [3.63, 3.8) is 0 Å². The van der Waals surface area contributed by atoms with Crippen LogP contribution in [-0.4, -0.2) is 17.5 Å². The standard InChI is InChI=1S/C6H3Cl3.K.H2O4S/c7-4-1-2-5(8)6(9)3-4;;1-5(2,3)4/h1-3H;;(H2,1,2,3,4)/q;+1;/p-2. The third-order valence-corrected chi connectivity index (χ3v) is 1.86. The molecule has 9 heteroatoms. The predicted molar refractivity (Wildman–Crippen MR) is 51.9 cm³/mol. The molecule has 4 nitrogen and oxygen atoms in total. The fourth-order valence-corrected chi connectivity index (χ4v) is 0.997. The zero-order chi connectivity index (χ0) is 11.4. The van der Waals surface area contributed by atoms with Crippen molar-refractivity contribution >= 4 is 45.2 Å². The van der Waals surface area contributed by atoms with Crippen LogP contribution in [0.15, 0.2) is 18.2 Å². The molecule has 0 aliphatic rings. The SMILES string of the molecule is Clc1ccc(Cl)c(Cl)c1.O=S(=O)([O-])[O-].[K+]. The average molecular weight is 317 g/mol. The minimum Gasteiger partial charge on any atom is -0.759 e. The largest absolute Gasteiger partial charge is 1.00 e. The van der Waals surface area contributed by atoms with E-state index >= 15 is 0 Å². The quantitative estimate of drug-likeness (QED) is 0.275. The number of hydrogen-bond acceptors (Lipinski definition) is 4. The van der Waals surface area contributed by atoms with Crippen molar-refractivity contribution in [2.45, 2.75) is 0 Å². The summed E-state index contributed by atoms with van der Waals surface area (Å²) in [6.45, 7) is 0. The van der Waals surface area contributed by atoms with E-state index in [0.717, 1.165) is 0 Å². The second-order valence-corrected chi connectivity index (χ2v) is 4.03. The minimum atomic E-state index is -5.17. The zero-order valence-corrected chi connectivity index (χ0v) is 13.6. The number of rotatable bonds is 0. The Morgan fingerprint density at radius 3 is 1.67 bits per heavy atom. The van der Waals surface area contributed by atoms with Gasteiger partial charge in [-0.1, -0.05) is 34.8 Å². The van der Waals surface area contributed by atoms with Crippen molar-refractivity contribution < 1.29 is 68.9 Å². The Balaban J connectivity index is 0. The molecule has 1 rings (SSSR count). The molecule has 0 N–H and O–H groups in total. The van der Waals surface area contributed by atoms with Crippen LogP contribution in [0.5, 0.6) is 0 Å². The van der Waals surface area contributed by atoms with Gasteiger partial charge in [0.25, 0.3) is 0 Å². The molecule has 0 fully saturated rings. The molecule has 1 aromatic rings. The van der Waals surface area contributed by atoms with E-state index in [4.69, 9.17) is 52.3 Å². The summed E-state index contributed by atoms with van der Waals surface area (Å²) in [5, 5.41) is 1.62. The van der Waals surface area contributed by atoms with Gasteiger partial charge in [0.15, 0.2) is 0 Å². The first-order valence-corrected chi connectivity index (χ1v) is 5.44. The summed E-state index contributed by atoms with van der Waals surface area (Å²) in [5.74, 6) is 0. The van der Waals surface area contributed by atoms with E-state index in [9.17, 15) is 0 Å². The van der Waals surface area contributed by atoms with Gasteiger partial charge in [-0.2, -0.15) is 0 Å². The Hall–Kier alpha value is 1.60. The minimum absolute atomic E-state index is 0. The van der Waals surface area contributed by atoms with E-state index in [1.807, 2.05) is 0 Å². The topological polar surface area (TPSA) is 80.3 Å². The van der Waals surface area contributed by atoms with Gasteiger partial charge in [0.1, 0.15) is 0 Å². The van der Waals surface area contributed by atoms with Gasteiger partial charge in [0.05, 0.1) is 10.0 Å². The zero-order valence-electron chi connectivity index (χ0n) is 7.41. The normalized spacial score (nSPS) is 9.67. The first-order chi connectivity index (χ1) is 6.20. The molecule has 0 amide bonds. The van der Waals surface area contributed by atoms with Gasteiger partial charge in [-0.05, 0) is 18.2 Å². The molecule has 0 bridgehead atoms. The summed E-state index contributed by atoms with van der Waals surface area (Å²) in [4.78, 5) is 0. The maximum absolute atomic E-state index is 8.52. The van der Waals surface area contributed by atoms with Gasteiger partial charge in [-0.25, -0.2) is 0 Å². The van der Waals surface area contributed by atoms with Crippen LogP contribution in [0.1, 0.15) is 0 Å². The molecule has 0 unspecified atom stereocenters. The number of hydrogen-bond donors (Lipinski definition) is 0. The van der Waals surface area contributed by atoms with Gasteiger partial charge >= 0.3 is 51.4 Å². The molecule has 15 heavy (non-hydrogen) atoms. The van der Waals surface area contributed by atoms with Crippen LogP contribution < -0.4 is 51.4 Å². The summed E-state index contributed by atoms with van der Waals surface area (Å²) in [6, 6.07) is 4.95. The molecule has 0 saturated heterocycles. The third kappa shape index (κ3) is 13.5. The van der Waals surface area contributed by atoms with E-state index in [-0.39, 0.29) is 51.4 Å². The van der Waals surface area contributed by atoms with Crippen LogP contribution in [0.25, 0.3) is 0 Å². The van der Waals surface area contributed by atoms with Crippen LogP contribution >= 0.6 is 34.8 Å². The number of halogens is 3. The fraction of sp³-hybridized carbons (Fsp3) is 0. The first kappa shape index (κ1) is 18.9. The molecular weight excluding hydrogens is 314 g/mol. The van der Waals surface area contributed by atoms with Gasteiger partial charge < -0.3 is 9.11 Å². The number of benzene rings is 1. The van der Waals surface area contributed by atoms with Crippen molar-refractivity contribution in [3.05, 3.63) is 33.3 Å². The Kier molecular flexibility index (Phi) is 10.9. The van der Waals surface area contributed by atoms with E-state index in [2.05, 4.69) is 0 Å². The molecule has 0 atom stereocenters. The monoisotopic (exact) mass is 315 g/mol. The van der Waals surface area contributed by atoms with Gasteiger partial charge in [0.2, 0.25) is 0 Å². The molecule has 0 aliphatic heterocycles. The molecular formula is C6H3Cl3KO4S-. The van der Waals surface area contributed by atoms with Crippen molar-refractivity contribution in [2.24, 2.45) is 0 Å². The maximum Gasteiger partial charge on any atom is 1.00 e. The molecule has 0 spiro atoms. The Bertz CT molecular complexity index is 401. The smallest absolute Gasteiger partial charge is 0.759 e. The Morgan fingerprint density at radius 1 is 1.00 bits per heavy atom. The van der Waals surface area contributed by atoms with E-state index in [0.29, 0.717) is 15.1 Å². The maximum atomic E-state index is 8.52. The van der Waals surface area contributed by atoms with Crippen LogP contribution in [0, 0.1) is 0 Å². The van der Waals surface area contributed by atoms with Crippen molar-refractivity contribution in [1.29, 1.82) is 0 Å². The molecule has 0 heterocycles. The van der Waals surface area contributed by atoms with Crippen LogP contribution in [0.4, 0.5) is 0 Å². The molecule has 0 aromatic heterocycles. The second kappa shape index (κ2) is 8.65. The van der Waals surface area contributed by atoms with Gasteiger partial charge in [-0.15, -0.1) is 0 Å². The molecule has 80 valence electrons. The molecule has 0 radical (unpaired) electrons. The van der Waals surface area contributed by atoms with Crippen molar-refractivity contribution in [3.8, 4) is 0 Å². The predicted octanol–water partition coefficient (Wildman–Crippen LogP) is -0.687. The molecule has 0 saturated carbocycles. The summed E-state index contributed by atoms with van der Waals surface area (Å²) >= 11 is 16.8. The van der Waals surface area contributed by atoms with Crippen LogP contribution in [0.3, 0.4) is 0 Å². The van der Waals surface area contributed by atoms with Crippen LogP contribution in [0.2, 0.25) is 15.1 Å². The van der Waals surface area contributed by atoms with E-state index < -0.39 is 10.4 Å². The summed E-state index contributed by atoms with van der Waals surface area (Å²) in [7, 11) is -5.17. The van der Waals surface area contributed by atoms with E-state index in [1.54, 1.807) is 18.2 Å². The van der Waals surface area contributed by atoms with Crippen molar-refractivity contribution in [1.82, 2.24) is 0 Å². The summed E-state index contributed by atoms with van der Waals surface area (Å²) < 4.78 is 34.1. The molecule has 0 aliphatic carbocycles. The summed E-state index contributed by atoms with van der Waals surface area (Å²) in [5.41, 5.74) is 0. The second-order valence-electron chi connectivity index (χ2n) is 1.97. The summed E-state index contributed by atoms with van der Waals surface area (Å²) in [6.07, 6.45) is 0. The molecule has 1 aromatic carbocycles. The van der Waals surface area contributed by atoms with E-state index in [1.165, 1.54) is 0 Å². The average Bonchev–Trinajstić information content (AvgIpc) is 1.94. The van der Waals surface area contributed by atoms with Gasteiger partial charge in [-0.3, -0.25) is 8.42 Å². The third-order valence-electron chi connectivity index (χ3n) is 0.882. The Labute approximate surface area is 145 Å².